The van der Waals surface area contributed by atoms with Gasteiger partial charge in [0.1, 0.15) is 5.82 Å². The van der Waals surface area contributed by atoms with Gasteiger partial charge in [-0.15, -0.1) is 0 Å². The fourth-order valence-corrected chi connectivity index (χ4v) is 2.38. The van der Waals surface area contributed by atoms with Crippen LogP contribution in [0.1, 0.15) is 45.9 Å². The number of nitrogens with zero attached hydrogens (tertiary/aromatic N) is 2. The summed E-state index contributed by atoms with van der Waals surface area (Å²) in [5.41, 5.74) is 0.368. The van der Waals surface area contributed by atoms with E-state index < -0.39 is 0 Å². The molecule has 0 radical (unpaired) electrons. The summed E-state index contributed by atoms with van der Waals surface area (Å²) in [7, 11) is 2.08. The summed E-state index contributed by atoms with van der Waals surface area (Å²) in [5.74, 6) is 1.92. The molecule has 0 bridgehead atoms. The van der Waals surface area contributed by atoms with Crippen molar-refractivity contribution in [2.75, 3.05) is 6.54 Å². The lowest BCUT2D eigenvalue weighted by atomic mass is 9.78. The molecule has 2 rings (SSSR count). The van der Waals surface area contributed by atoms with Crippen molar-refractivity contribution in [3.8, 4) is 0 Å². The minimum Gasteiger partial charge on any atom is -0.338 e. The first kappa shape index (κ1) is 13.6. The third-order valence-corrected chi connectivity index (χ3v) is 4.09. The Labute approximate surface area is 111 Å². The molecule has 18 heavy (non-hydrogen) atoms. The van der Waals surface area contributed by atoms with E-state index >= 15 is 0 Å². The van der Waals surface area contributed by atoms with Crippen LogP contribution in [0.15, 0.2) is 12.4 Å². The molecule has 102 valence electrons. The predicted molar refractivity (Wildman–Crippen MR) is 75.5 cm³/mol. The van der Waals surface area contributed by atoms with Crippen molar-refractivity contribution in [3.05, 3.63) is 18.2 Å². The van der Waals surface area contributed by atoms with Gasteiger partial charge in [-0.3, -0.25) is 0 Å². The molecule has 1 atom stereocenters. The van der Waals surface area contributed by atoms with Gasteiger partial charge < -0.3 is 9.88 Å². The molecule has 1 aliphatic carbocycles. The van der Waals surface area contributed by atoms with E-state index in [1.54, 1.807) is 0 Å². The SMILES string of the molecule is Cn1ccnc1CCC(CNC1CC1)C(C)(C)C. The van der Waals surface area contributed by atoms with E-state index in [0.717, 1.165) is 24.9 Å². The van der Waals surface area contributed by atoms with Crippen LogP contribution in [-0.4, -0.2) is 22.1 Å². The Kier molecular flexibility index (Phi) is 4.10. The summed E-state index contributed by atoms with van der Waals surface area (Å²) in [6.45, 7) is 8.21. The summed E-state index contributed by atoms with van der Waals surface area (Å²) >= 11 is 0. The second-order valence-electron chi connectivity index (χ2n) is 6.74. The van der Waals surface area contributed by atoms with Gasteiger partial charge in [-0.2, -0.15) is 0 Å². The van der Waals surface area contributed by atoms with Gasteiger partial charge in [-0.1, -0.05) is 20.8 Å². The second-order valence-corrected chi connectivity index (χ2v) is 6.74. The van der Waals surface area contributed by atoms with E-state index in [2.05, 4.69) is 42.7 Å². The van der Waals surface area contributed by atoms with Crippen LogP contribution in [0.3, 0.4) is 0 Å². The first-order chi connectivity index (χ1) is 8.47. The third kappa shape index (κ3) is 3.84. The Morgan fingerprint density at radius 3 is 2.67 bits per heavy atom. The Morgan fingerprint density at radius 2 is 2.17 bits per heavy atom. The van der Waals surface area contributed by atoms with Crippen LogP contribution < -0.4 is 5.32 Å². The minimum atomic E-state index is 0.368. The fraction of sp³-hybridized carbons (Fsp3) is 0.800. The standard InChI is InChI=1S/C15H27N3/c1-15(2,3)12(11-17-13-6-7-13)5-8-14-16-9-10-18(14)4/h9-10,12-13,17H,5-8,11H2,1-4H3. The maximum atomic E-state index is 4.42. The van der Waals surface area contributed by atoms with Crippen molar-refractivity contribution in [1.82, 2.24) is 14.9 Å². The van der Waals surface area contributed by atoms with Crippen LogP contribution in [0.4, 0.5) is 0 Å². The molecule has 1 saturated carbocycles. The summed E-state index contributed by atoms with van der Waals surface area (Å²) in [4.78, 5) is 4.42. The van der Waals surface area contributed by atoms with Crippen molar-refractivity contribution in [2.45, 2.75) is 52.5 Å². The monoisotopic (exact) mass is 249 g/mol. The summed E-state index contributed by atoms with van der Waals surface area (Å²) in [6.07, 6.45) is 8.96. The van der Waals surface area contributed by atoms with Gasteiger partial charge in [0.05, 0.1) is 0 Å². The van der Waals surface area contributed by atoms with E-state index in [0.29, 0.717) is 5.41 Å². The van der Waals surface area contributed by atoms with Crippen molar-refractivity contribution in [2.24, 2.45) is 18.4 Å². The average molecular weight is 249 g/mol. The molecule has 1 aliphatic rings. The number of hydrogen-bond donors (Lipinski definition) is 1. The van der Waals surface area contributed by atoms with Crippen LogP contribution in [0.5, 0.6) is 0 Å². The largest absolute Gasteiger partial charge is 0.338 e. The number of rotatable bonds is 6. The summed E-state index contributed by atoms with van der Waals surface area (Å²) in [6, 6.07) is 0.808. The molecular formula is C15H27N3. The molecule has 1 unspecified atom stereocenters. The highest BCUT2D eigenvalue weighted by Crippen LogP contribution is 2.30. The van der Waals surface area contributed by atoms with Crippen LogP contribution >= 0.6 is 0 Å². The lowest BCUT2D eigenvalue weighted by Gasteiger charge is -2.31. The summed E-state index contributed by atoms with van der Waals surface area (Å²) < 4.78 is 2.13. The molecule has 1 aromatic rings. The van der Waals surface area contributed by atoms with Gasteiger partial charge in [-0.25, -0.2) is 4.98 Å². The topological polar surface area (TPSA) is 29.9 Å². The van der Waals surface area contributed by atoms with Gasteiger partial charge in [0.25, 0.3) is 0 Å². The minimum absolute atomic E-state index is 0.368. The van der Waals surface area contributed by atoms with Crippen LogP contribution in [0.25, 0.3) is 0 Å². The molecule has 3 heteroatoms. The first-order valence-electron chi connectivity index (χ1n) is 7.16. The normalized spacial score (nSPS) is 18.0. The highest BCUT2D eigenvalue weighted by molar-refractivity contribution is 4.93. The van der Waals surface area contributed by atoms with Crippen LogP contribution in [0, 0.1) is 11.3 Å². The van der Waals surface area contributed by atoms with Gasteiger partial charge in [0.15, 0.2) is 0 Å². The molecule has 1 aromatic heterocycles. The van der Waals surface area contributed by atoms with Crippen LogP contribution in [-0.2, 0) is 13.5 Å². The van der Waals surface area contributed by atoms with Gasteiger partial charge in [0, 0.05) is 31.9 Å². The first-order valence-corrected chi connectivity index (χ1v) is 7.16. The number of aryl methyl sites for hydroxylation is 2. The predicted octanol–water partition coefficient (Wildman–Crippen LogP) is 2.77. The molecule has 0 saturated heterocycles. The lowest BCUT2D eigenvalue weighted by molar-refractivity contribution is 0.217. The average Bonchev–Trinajstić information content (AvgIpc) is 3.00. The Morgan fingerprint density at radius 1 is 1.44 bits per heavy atom. The van der Waals surface area contributed by atoms with E-state index in [1.807, 2.05) is 12.4 Å². The number of aromatic nitrogens is 2. The maximum Gasteiger partial charge on any atom is 0.108 e. The van der Waals surface area contributed by atoms with Crippen molar-refractivity contribution in [1.29, 1.82) is 0 Å². The van der Waals surface area contributed by atoms with Crippen LogP contribution in [0.2, 0.25) is 0 Å². The molecule has 0 spiro atoms. The van der Waals surface area contributed by atoms with E-state index in [4.69, 9.17) is 0 Å². The zero-order valence-electron chi connectivity index (χ0n) is 12.2. The number of imidazole rings is 1. The zero-order valence-corrected chi connectivity index (χ0v) is 12.2. The zero-order chi connectivity index (χ0) is 13.2. The molecule has 0 aliphatic heterocycles. The Hall–Kier alpha value is -0.830. The lowest BCUT2D eigenvalue weighted by Crippen LogP contribution is -2.33. The Bertz CT molecular complexity index is 371. The van der Waals surface area contributed by atoms with Crippen molar-refractivity contribution >= 4 is 0 Å². The highest BCUT2D eigenvalue weighted by Gasteiger charge is 2.28. The van der Waals surface area contributed by atoms with Crippen molar-refractivity contribution in [3.63, 3.8) is 0 Å². The summed E-state index contributed by atoms with van der Waals surface area (Å²) in [5, 5.41) is 3.68. The molecular weight excluding hydrogens is 222 g/mol. The number of hydrogen-bond acceptors (Lipinski definition) is 2. The third-order valence-electron chi connectivity index (χ3n) is 4.09. The van der Waals surface area contributed by atoms with Gasteiger partial charge in [0.2, 0.25) is 0 Å². The van der Waals surface area contributed by atoms with Gasteiger partial charge >= 0.3 is 0 Å². The molecule has 0 aromatic carbocycles. The second kappa shape index (κ2) is 5.43. The molecule has 1 heterocycles. The Balaban J connectivity index is 1.86. The van der Waals surface area contributed by atoms with E-state index in [1.165, 1.54) is 25.1 Å². The van der Waals surface area contributed by atoms with E-state index in [9.17, 15) is 0 Å². The molecule has 1 fully saturated rings. The maximum absolute atomic E-state index is 4.42. The quantitative estimate of drug-likeness (QED) is 0.840. The number of nitrogens with one attached hydrogen (secondary N) is 1. The van der Waals surface area contributed by atoms with Gasteiger partial charge in [-0.05, 0) is 37.1 Å². The molecule has 1 N–H and O–H groups in total. The van der Waals surface area contributed by atoms with E-state index in [-0.39, 0.29) is 0 Å². The molecule has 3 nitrogen and oxygen atoms in total. The fourth-order valence-electron chi connectivity index (χ4n) is 2.38. The molecule has 0 amide bonds. The smallest absolute Gasteiger partial charge is 0.108 e. The highest BCUT2D eigenvalue weighted by atomic mass is 15.0. The van der Waals surface area contributed by atoms with Crippen molar-refractivity contribution < 1.29 is 0 Å².